The van der Waals surface area contributed by atoms with E-state index in [1.54, 1.807) is 14.0 Å². The molecule has 1 amide bonds. The summed E-state index contributed by atoms with van der Waals surface area (Å²) in [7, 11) is 2.92. The van der Waals surface area contributed by atoms with Gasteiger partial charge >= 0.3 is 0 Å². The van der Waals surface area contributed by atoms with Crippen LogP contribution >= 0.6 is 0 Å². The lowest BCUT2D eigenvalue weighted by molar-refractivity contribution is 0.0746. The van der Waals surface area contributed by atoms with Gasteiger partial charge in [0.05, 0.1) is 7.11 Å². The van der Waals surface area contributed by atoms with Crippen molar-refractivity contribution in [3.05, 3.63) is 29.6 Å². The van der Waals surface area contributed by atoms with Gasteiger partial charge in [-0.3, -0.25) is 4.79 Å². The first-order chi connectivity index (χ1) is 9.40. The molecule has 1 atom stereocenters. The van der Waals surface area contributed by atoms with Crippen LogP contribution in [0.1, 0.15) is 23.7 Å². The van der Waals surface area contributed by atoms with Crippen LogP contribution < -0.4 is 10.5 Å². The first kappa shape index (κ1) is 15.7. The van der Waals surface area contributed by atoms with Gasteiger partial charge in [0.1, 0.15) is 5.84 Å². The minimum Gasteiger partial charge on any atom is -0.494 e. The summed E-state index contributed by atoms with van der Waals surface area (Å²) < 4.78 is 18.1. The van der Waals surface area contributed by atoms with Crippen molar-refractivity contribution in [1.29, 1.82) is 0 Å². The van der Waals surface area contributed by atoms with E-state index in [4.69, 9.17) is 15.7 Å². The van der Waals surface area contributed by atoms with Gasteiger partial charge in [-0.1, -0.05) is 5.16 Å². The second kappa shape index (κ2) is 6.74. The van der Waals surface area contributed by atoms with Crippen LogP contribution in [0.2, 0.25) is 0 Å². The highest BCUT2D eigenvalue weighted by atomic mass is 19.1. The van der Waals surface area contributed by atoms with E-state index in [0.29, 0.717) is 5.56 Å². The molecule has 0 bridgehead atoms. The van der Waals surface area contributed by atoms with E-state index in [-0.39, 0.29) is 30.0 Å². The zero-order chi connectivity index (χ0) is 15.3. The number of oxime groups is 1. The number of rotatable bonds is 5. The number of nitrogens with zero attached hydrogens (tertiary/aromatic N) is 2. The molecule has 0 heterocycles. The molecule has 0 aliphatic carbocycles. The minimum atomic E-state index is -0.531. The third-order valence-electron chi connectivity index (χ3n) is 3.01. The first-order valence-corrected chi connectivity index (χ1v) is 5.97. The van der Waals surface area contributed by atoms with E-state index < -0.39 is 5.82 Å². The molecular formula is C13H18FN3O3. The average Bonchev–Trinajstić information content (AvgIpc) is 2.45. The molecule has 0 spiro atoms. The number of hydrogen-bond acceptors (Lipinski definition) is 4. The zero-order valence-electron chi connectivity index (χ0n) is 11.6. The highest BCUT2D eigenvalue weighted by molar-refractivity contribution is 5.95. The number of halogens is 1. The average molecular weight is 283 g/mol. The molecule has 0 saturated carbocycles. The number of ether oxygens (including phenoxy) is 1. The van der Waals surface area contributed by atoms with Gasteiger partial charge in [-0.25, -0.2) is 4.39 Å². The standard InChI is InChI=1S/C13H18FN3O3/c1-8(6-12(15)16-19)17(2)13(18)9-4-5-10(14)11(7-9)20-3/h4-5,7-8,19H,6H2,1-3H3,(H2,15,16). The Balaban J connectivity index is 2.88. The van der Waals surface area contributed by atoms with E-state index >= 15 is 0 Å². The Bertz CT molecular complexity index is 520. The Morgan fingerprint density at radius 1 is 1.60 bits per heavy atom. The quantitative estimate of drug-likeness (QED) is 0.370. The Morgan fingerprint density at radius 3 is 2.80 bits per heavy atom. The third-order valence-corrected chi connectivity index (χ3v) is 3.01. The molecule has 1 rings (SSSR count). The molecule has 20 heavy (non-hydrogen) atoms. The Morgan fingerprint density at radius 2 is 2.25 bits per heavy atom. The van der Waals surface area contributed by atoms with E-state index in [1.165, 1.54) is 30.2 Å². The summed E-state index contributed by atoms with van der Waals surface area (Å²) in [4.78, 5) is 13.7. The fourth-order valence-corrected chi connectivity index (χ4v) is 1.68. The van der Waals surface area contributed by atoms with Gasteiger partial charge in [-0.15, -0.1) is 0 Å². The van der Waals surface area contributed by atoms with Crippen molar-refractivity contribution in [2.24, 2.45) is 10.9 Å². The maximum absolute atomic E-state index is 13.3. The monoisotopic (exact) mass is 283 g/mol. The van der Waals surface area contributed by atoms with Crippen molar-refractivity contribution in [3.8, 4) is 5.75 Å². The molecule has 1 unspecified atom stereocenters. The molecule has 3 N–H and O–H groups in total. The minimum absolute atomic E-state index is 0.00772. The Hall–Kier alpha value is -2.31. The molecule has 6 nitrogen and oxygen atoms in total. The number of amidine groups is 1. The second-order valence-corrected chi connectivity index (χ2v) is 4.41. The normalized spacial score (nSPS) is 12.9. The third kappa shape index (κ3) is 3.59. The predicted molar refractivity (Wildman–Crippen MR) is 72.5 cm³/mol. The molecule has 0 aromatic heterocycles. The van der Waals surface area contributed by atoms with Crippen molar-refractivity contribution in [2.75, 3.05) is 14.2 Å². The highest BCUT2D eigenvalue weighted by Crippen LogP contribution is 2.19. The second-order valence-electron chi connectivity index (χ2n) is 4.41. The summed E-state index contributed by atoms with van der Waals surface area (Å²) >= 11 is 0. The summed E-state index contributed by atoms with van der Waals surface area (Å²) in [5, 5.41) is 11.4. The van der Waals surface area contributed by atoms with Crippen LogP contribution in [0.4, 0.5) is 4.39 Å². The molecule has 0 aliphatic rings. The summed E-state index contributed by atoms with van der Waals surface area (Å²) in [6, 6.07) is 3.63. The summed E-state index contributed by atoms with van der Waals surface area (Å²) in [6.07, 6.45) is 0.233. The fraction of sp³-hybridized carbons (Fsp3) is 0.385. The lowest BCUT2D eigenvalue weighted by Gasteiger charge is -2.24. The van der Waals surface area contributed by atoms with Gasteiger partial charge in [0.15, 0.2) is 11.6 Å². The van der Waals surface area contributed by atoms with Gasteiger partial charge in [-0.2, -0.15) is 0 Å². The van der Waals surface area contributed by atoms with Gasteiger partial charge in [0, 0.05) is 25.1 Å². The zero-order valence-corrected chi connectivity index (χ0v) is 11.6. The van der Waals surface area contributed by atoms with Crippen molar-refractivity contribution < 1.29 is 19.1 Å². The smallest absolute Gasteiger partial charge is 0.253 e. The van der Waals surface area contributed by atoms with Gasteiger partial charge < -0.3 is 20.6 Å². The first-order valence-electron chi connectivity index (χ1n) is 5.97. The Labute approximate surface area is 116 Å². The topological polar surface area (TPSA) is 88.2 Å². The van der Waals surface area contributed by atoms with E-state index in [1.807, 2.05) is 0 Å². The molecule has 110 valence electrons. The van der Waals surface area contributed by atoms with Gasteiger partial charge in [0.25, 0.3) is 5.91 Å². The van der Waals surface area contributed by atoms with Crippen LogP contribution in [-0.4, -0.2) is 42.0 Å². The molecule has 0 radical (unpaired) electrons. The van der Waals surface area contributed by atoms with Gasteiger partial charge in [0.2, 0.25) is 0 Å². The van der Waals surface area contributed by atoms with Crippen molar-refractivity contribution in [3.63, 3.8) is 0 Å². The van der Waals surface area contributed by atoms with Crippen LogP contribution in [0.3, 0.4) is 0 Å². The number of hydrogen-bond donors (Lipinski definition) is 2. The van der Waals surface area contributed by atoms with E-state index in [0.717, 1.165) is 0 Å². The van der Waals surface area contributed by atoms with Crippen molar-refractivity contribution >= 4 is 11.7 Å². The number of benzene rings is 1. The van der Waals surface area contributed by atoms with E-state index in [9.17, 15) is 9.18 Å². The largest absolute Gasteiger partial charge is 0.494 e. The molecule has 0 fully saturated rings. The highest BCUT2D eigenvalue weighted by Gasteiger charge is 2.19. The van der Waals surface area contributed by atoms with Crippen LogP contribution in [-0.2, 0) is 0 Å². The molecule has 1 aromatic carbocycles. The fourth-order valence-electron chi connectivity index (χ4n) is 1.68. The molecular weight excluding hydrogens is 265 g/mol. The van der Waals surface area contributed by atoms with Crippen LogP contribution in [0.25, 0.3) is 0 Å². The molecule has 0 saturated heterocycles. The number of amides is 1. The van der Waals surface area contributed by atoms with Crippen LogP contribution in [0, 0.1) is 5.82 Å². The van der Waals surface area contributed by atoms with Crippen LogP contribution in [0.15, 0.2) is 23.4 Å². The number of carbonyl (C=O) groups is 1. The number of methoxy groups -OCH3 is 1. The number of carbonyl (C=O) groups excluding carboxylic acids is 1. The van der Waals surface area contributed by atoms with E-state index in [2.05, 4.69) is 5.16 Å². The summed E-state index contributed by atoms with van der Waals surface area (Å²) in [5.74, 6) is -0.792. The van der Waals surface area contributed by atoms with Crippen LogP contribution in [0.5, 0.6) is 5.75 Å². The maximum atomic E-state index is 13.3. The molecule has 1 aromatic rings. The maximum Gasteiger partial charge on any atom is 0.253 e. The molecule has 0 aliphatic heterocycles. The van der Waals surface area contributed by atoms with Crippen molar-refractivity contribution in [1.82, 2.24) is 4.90 Å². The number of nitrogens with two attached hydrogens (primary N) is 1. The lowest BCUT2D eigenvalue weighted by Crippen LogP contribution is -2.37. The SMILES string of the molecule is COc1cc(C(=O)N(C)C(C)C/C(N)=N/O)ccc1F. The predicted octanol–water partition coefficient (Wildman–Crippen LogP) is 1.43. The van der Waals surface area contributed by atoms with Crippen molar-refractivity contribution in [2.45, 2.75) is 19.4 Å². The molecule has 7 heteroatoms. The Kier molecular flexibility index (Phi) is 5.31. The van der Waals surface area contributed by atoms with Gasteiger partial charge in [-0.05, 0) is 25.1 Å². The summed E-state index contributed by atoms with van der Waals surface area (Å²) in [6.45, 7) is 1.76. The lowest BCUT2D eigenvalue weighted by atomic mass is 10.1. The summed E-state index contributed by atoms with van der Waals surface area (Å²) in [5.41, 5.74) is 5.71.